The van der Waals surface area contributed by atoms with Gasteiger partial charge in [-0.25, -0.2) is 8.78 Å². The van der Waals surface area contributed by atoms with Crippen molar-refractivity contribution in [2.24, 2.45) is 0 Å². The Labute approximate surface area is 66.2 Å². The Bertz CT molecular complexity index is 187. The zero-order valence-electron chi connectivity index (χ0n) is 6.26. The summed E-state index contributed by atoms with van der Waals surface area (Å²) in [5.74, 6) is 0. The second kappa shape index (κ2) is 3.72. The first-order chi connectivity index (χ1) is 5.31. The normalized spacial score (nSPS) is 13.9. The van der Waals surface area contributed by atoms with Crippen LogP contribution >= 0.6 is 7.60 Å². The Morgan fingerprint density at radius 2 is 1.58 bits per heavy atom. The van der Waals surface area contributed by atoms with E-state index in [-0.39, 0.29) is 0 Å². The van der Waals surface area contributed by atoms with Gasteiger partial charge in [-0.2, -0.15) is 8.78 Å². The van der Waals surface area contributed by atoms with Gasteiger partial charge in [0.15, 0.2) is 0 Å². The molecule has 3 nitrogen and oxygen atoms in total. The van der Waals surface area contributed by atoms with Gasteiger partial charge in [-0.1, -0.05) is 0 Å². The Morgan fingerprint density at radius 3 is 1.67 bits per heavy atom. The van der Waals surface area contributed by atoms with Crippen LogP contribution in [0.1, 0.15) is 0 Å². The average Bonchev–Trinajstić information content (AvgIpc) is 2.02. The molecule has 0 fully saturated rings. The van der Waals surface area contributed by atoms with Crippen LogP contribution in [0.3, 0.4) is 0 Å². The maximum atomic E-state index is 12.3. The molecule has 0 atom stereocenters. The van der Waals surface area contributed by atoms with Crippen LogP contribution in [0.5, 0.6) is 0 Å². The molecule has 0 aromatic carbocycles. The first kappa shape index (κ1) is 11.9. The van der Waals surface area contributed by atoms with E-state index in [0.29, 0.717) is 14.2 Å². The number of hydrogen-bond acceptors (Lipinski definition) is 3. The molecule has 0 aliphatic rings. The summed E-state index contributed by atoms with van der Waals surface area (Å²) in [5.41, 5.74) is -4.77. The number of alkyl halides is 4. The van der Waals surface area contributed by atoms with Crippen molar-refractivity contribution in [2.75, 3.05) is 14.2 Å². The molecule has 0 radical (unpaired) electrons. The minimum absolute atomic E-state index is 0.612. The van der Waals surface area contributed by atoms with Crippen molar-refractivity contribution in [3.63, 3.8) is 0 Å². The van der Waals surface area contributed by atoms with E-state index in [0.717, 1.165) is 0 Å². The molecular formula is C4H7F4O3P. The highest BCUT2D eigenvalue weighted by atomic mass is 31.2. The van der Waals surface area contributed by atoms with E-state index < -0.39 is 19.7 Å². The van der Waals surface area contributed by atoms with Crippen LogP contribution in [0.25, 0.3) is 0 Å². The molecule has 0 bridgehead atoms. The Kier molecular flexibility index (Phi) is 3.68. The van der Waals surface area contributed by atoms with Gasteiger partial charge in [-0.3, -0.25) is 4.57 Å². The van der Waals surface area contributed by atoms with E-state index in [2.05, 4.69) is 9.05 Å². The predicted octanol–water partition coefficient (Wildman–Crippen LogP) is 2.33. The molecule has 0 unspecified atom stereocenters. The van der Waals surface area contributed by atoms with E-state index in [1.54, 1.807) is 0 Å². The smallest absolute Gasteiger partial charge is 0.308 e. The van der Waals surface area contributed by atoms with Gasteiger partial charge in [-0.05, 0) is 0 Å². The molecule has 0 saturated carbocycles. The van der Waals surface area contributed by atoms with Crippen molar-refractivity contribution in [2.45, 2.75) is 12.1 Å². The van der Waals surface area contributed by atoms with Crippen molar-refractivity contribution in [1.82, 2.24) is 0 Å². The van der Waals surface area contributed by atoms with Crippen molar-refractivity contribution < 1.29 is 31.2 Å². The molecule has 0 aromatic heterocycles. The van der Waals surface area contributed by atoms with Crippen molar-refractivity contribution in [3.05, 3.63) is 0 Å². The quantitative estimate of drug-likeness (QED) is 0.527. The van der Waals surface area contributed by atoms with Gasteiger partial charge < -0.3 is 9.05 Å². The van der Waals surface area contributed by atoms with Gasteiger partial charge in [0.2, 0.25) is 0 Å². The summed E-state index contributed by atoms with van der Waals surface area (Å²) in [6.45, 7) is 0. The second-order valence-corrected chi connectivity index (χ2v) is 4.07. The summed E-state index contributed by atoms with van der Waals surface area (Å²) in [6, 6.07) is 0. The van der Waals surface area contributed by atoms with E-state index in [4.69, 9.17) is 0 Å². The average molecular weight is 210 g/mol. The van der Waals surface area contributed by atoms with Crippen LogP contribution in [0.15, 0.2) is 0 Å². The van der Waals surface area contributed by atoms with E-state index in [1.807, 2.05) is 0 Å². The Morgan fingerprint density at radius 1 is 1.25 bits per heavy atom. The van der Waals surface area contributed by atoms with Crippen molar-refractivity contribution >= 4 is 7.60 Å². The van der Waals surface area contributed by atoms with Gasteiger partial charge in [0.25, 0.3) is 0 Å². The maximum absolute atomic E-state index is 12.3. The van der Waals surface area contributed by atoms with Crippen LogP contribution in [0, 0.1) is 0 Å². The SMILES string of the molecule is COP(=O)(OC)C(F)(F)C(F)F. The van der Waals surface area contributed by atoms with Gasteiger partial charge in [0, 0.05) is 14.2 Å². The lowest BCUT2D eigenvalue weighted by Crippen LogP contribution is -2.27. The highest BCUT2D eigenvalue weighted by Gasteiger charge is 2.60. The number of rotatable bonds is 4. The summed E-state index contributed by atoms with van der Waals surface area (Å²) in [7, 11) is -3.80. The van der Waals surface area contributed by atoms with Crippen LogP contribution < -0.4 is 0 Å². The molecule has 0 amide bonds. The predicted molar refractivity (Wildman–Crippen MR) is 32.6 cm³/mol. The molecular weight excluding hydrogens is 203 g/mol. The zero-order chi connectivity index (χ0) is 9.99. The van der Waals surface area contributed by atoms with Crippen LogP contribution in [-0.2, 0) is 13.6 Å². The molecule has 0 heterocycles. The Hall–Kier alpha value is -0.130. The summed E-state index contributed by atoms with van der Waals surface area (Å²) < 4.78 is 66.0. The number of hydrogen-bond donors (Lipinski definition) is 0. The minimum Gasteiger partial charge on any atom is -0.308 e. The molecule has 12 heavy (non-hydrogen) atoms. The van der Waals surface area contributed by atoms with E-state index in [9.17, 15) is 22.1 Å². The zero-order valence-corrected chi connectivity index (χ0v) is 7.16. The summed E-state index contributed by atoms with van der Waals surface area (Å²) in [5, 5.41) is 0. The minimum atomic E-state index is -5.02. The first-order valence-electron chi connectivity index (χ1n) is 2.69. The van der Waals surface area contributed by atoms with Crippen molar-refractivity contribution in [3.8, 4) is 0 Å². The lowest BCUT2D eigenvalue weighted by molar-refractivity contribution is -0.0827. The summed E-state index contributed by atoms with van der Waals surface area (Å²) in [4.78, 5) is 0. The van der Waals surface area contributed by atoms with Gasteiger partial charge in [0.1, 0.15) is 0 Å². The van der Waals surface area contributed by atoms with E-state index >= 15 is 0 Å². The third-order valence-corrected chi connectivity index (χ3v) is 3.00. The largest absolute Gasteiger partial charge is 0.405 e. The fourth-order valence-corrected chi connectivity index (χ4v) is 1.31. The monoisotopic (exact) mass is 210 g/mol. The third-order valence-electron chi connectivity index (χ3n) is 1.11. The van der Waals surface area contributed by atoms with Crippen LogP contribution in [0.4, 0.5) is 17.6 Å². The topological polar surface area (TPSA) is 35.5 Å². The molecule has 0 spiro atoms. The molecule has 74 valence electrons. The van der Waals surface area contributed by atoms with Crippen molar-refractivity contribution in [1.29, 1.82) is 0 Å². The molecule has 0 aliphatic carbocycles. The van der Waals surface area contributed by atoms with E-state index in [1.165, 1.54) is 0 Å². The third kappa shape index (κ3) is 1.78. The number of halogens is 4. The maximum Gasteiger partial charge on any atom is 0.405 e. The summed E-state index contributed by atoms with van der Waals surface area (Å²) >= 11 is 0. The molecule has 0 aliphatic heterocycles. The lowest BCUT2D eigenvalue weighted by Gasteiger charge is -2.22. The fourth-order valence-electron chi connectivity index (χ4n) is 0.437. The van der Waals surface area contributed by atoms with Gasteiger partial charge in [0.05, 0.1) is 0 Å². The molecule has 0 N–H and O–H groups in total. The standard InChI is InChI=1S/C4H7F4O3P/c1-10-12(9,11-2)4(7,8)3(5)6/h3H,1-2H3. The van der Waals surface area contributed by atoms with Crippen LogP contribution in [0.2, 0.25) is 0 Å². The first-order valence-corrected chi connectivity index (χ1v) is 4.23. The summed E-state index contributed by atoms with van der Waals surface area (Å²) in [6.07, 6.45) is -4.08. The second-order valence-electron chi connectivity index (χ2n) is 1.75. The van der Waals surface area contributed by atoms with Gasteiger partial charge >= 0.3 is 19.7 Å². The van der Waals surface area contributed by atoms with Gasteiger partial charge in [-0.15, -0.1) is 0 Å². The fraction of sp³-hybridized carbons (Fsp3) is 1.00. The molecule has 0 rings (SSSR count). The lowest BCUT2D eigenvalue weighted by atomic mass is 10.7. The molecule has 8 heteroatoms. The highest BCUT2D eigenvalue weighted by molar-refractivity contribution is 7.55. The highest BCUT2D eigenvalue weighted by Crippen LogP contribution is 2.62. The molecule has 0 saturated heterocycles. The van der Waals surface area contributed by atoms with Crippen LogP contribution in [-0.4, -0.2) is 26.3 Å². The Balaban J connectivity index is 4.84. The molecule has 0 aromatic rings.